The Morgan fingerprint density at radius 1 is 0.500 bits per heavy atom. The molecule has 166 valence electrons. The van der Waals surface area contributed by atoms with Gasteiger partial charge in [0.2, 0.25) is 0 Å². The minimum Gasteiger partial charge on any atom is -0.225 e. The molecule has 2 aromatic carbocycles. The Hall–Kier alpha value is -1.64. The van der Waals surface area contributed by atoms with Crippen LogP contribution < -0.4 is 0 Å². The first-order valence-corrected chi connectivity index (χ1v) is 11.4. The van der Waals surface area contributed by atoms with Crippen LogP contribution in [0.4, 0.5) is 0 Å². The molecule has 0 bridgehead atoms. The van der Waals surface area contributed by atoms with Gasteiger partial charge < -0.3 is 0 Å². The van der Waals surface area contributed by atoms with Gasteiger partial charge >= 0.3 is 0 Å². The van der Waals surface area contributed by atoms with E-state index in [1.807, 2.05) is 0 Å². The lowest BCUT2D eigenvalue weighted by molar-refractivity contribution is -0.410. The molecule has 0 aliphatic carbocycles. The highest BCUT2D eigenvalue weighted by Gasteiger charge is 2.36. The second-order valence-electron chi connectivity index (χ2n) is 10.8. The third-order valence-electron chi connectivity index (χ3n) is 6.84. The van der Waals surface area contributed by atoms with Crippen LogP contribution in [0.15, 0.2) is 48.5 Å². The summed E-state index contributed by atoms with van der Waals surface area (Å²) in [6.45, 7) is 22.0. The van der Waals surface area contributed by atoms with Crippen LogP contribution in [0.25, 0.3) is 0 Å². The van der Waals surface area contributed by atoms with Crippen molar-refractivity contribution < 1.29 is 9.78 Å². The molecular formula is C28H42O2. The van der Waals surface area contributed by atoms with Gasteiger partial charge in [0.05, 0.1) is 0 Å². The number of hydrogen-bond donors (Lipinski definition) is 0. The SMILES string of the molecule is CCC(C)(C)c1ccccc1C(C)(C)OOC(C)(C)c1ccccc1C(C)(C)CC. The molecular weight excluding hydrogens is 368 g/mol. The van der Waals surface area contributed by atoms with Crippen molar-refractivity contribution in [2.45, 2.75) is 104 Å². The summed E-state index contributed by atoms with van der Waals surface area (Å²) < 4.78 is 0. The third kappa shape index (κ3) is 5.15. The summed E-state index contributed by atoms with van der Waals surface area (Å²) in [5, 5.41) is 0. The maximum Gasteiger partial charge on any atom is 0.123 e. The summed E-state index contributed by atoms with van der Waals surface area (Å²) in [4.78, 5) is 12.4. The van der Waals surface area contributed by atoms with Crippen LogP contribution in [-0.4, -0.2) is 0 Å². The lowest BCUT2D eigenvalue weighted by Gasteiger charge is -2.37. The van der Waals surface area contributed by atoms with Gasteiger partial charge in [-0.05, 0) is 73.6 Å². The molecule has 0 aliphatic rings. The molecule has 0 spiro atoms. The van der Waals surface area contributed by atoms with Gasteiger partial charge in [-0.15, -0.1) is 0 Å². The molecule has 2 rings (SSSR count). The van der Waals surface area contributed by atoms with Crippen LogP contribution in [0.3, 0.4) is 0 Å². The van der Waals surface area contributed by atoms with Crippen LogP contribution in [0.5, 0.6) is 0 Å². The van der Waals surface area contributed by atoms with Gasteiger partial charge in [0.1, 0.15) is 11.2 Å². The van der Waals surface area contributed by atoms with E-state index in [-0.39, 0.29) is 10.8 Å². The van der Waals surface area contributed by atoms with E-state index >= 15 is 0 Å². The molecule has 30 heavy (non-hydrogen) atoms. The molecule has 0 saturated carbocycles. The molecule has 0 atom stereocenters. The summed E-state index contributed by atoms with van der Waals surface area (Å²) in [6.07, 6.45) is 2.12. The van der Waals surface area contributed by atoms with Crippen molar-refractivity contribution in [3.8, 4) is 0 Å². The molecule has 0 radical (unpaired) electrons. The summed E-state index contributed by atoms with van der Waals surface area (Å²) in [5.41, 5.74) is 3.97. The maximum atomic E-state index is 6.22. The van der Waals surface area contributed by atoms with E-state index in [9.17, 15) is 0 Å². The normalized spacial score (nSPS) is 13.5. The lowest BCUT2D eigenvalue weighted by Crippen LogP contribution is -2.33. The average molecular weight is 411 g/mol. The van der Waals surface area contributed by atoms with Gasteiger partial charge in [0.15, 0.2) is 0 Å². The minimum atomic E-state index is -0.574. The Morgan fingerprint density at radius 2 is 0.767 bits per heavy atom. The van der Waals surface area contributed by atoms with Gasteiger partial charge in [0.25, 0.3) is 0 Å². The Kier molecular flexibility index (Phi) is 7.26. The highest BCUT2D eigenvalue weighted by Crippen LogP contribution is 2.40. The van der Waals surface area contributed by atoms with E-state index in [4.69, 9.17) is 9.78 Å². The van der Waals surface area contributed by atoms with Crippen LogP contribution in [0.2, 0.25) is 0 Å². The van der Waals surface area contributed by atoms with E-state index in [1.54, 1.807) is 0 Å². The molecule has 0 N–H and O–H groups in total. The molecule has 0 fully saturated rings. The predicted octanol–water partition coefficient (Wildman–Crippen LogP) is 8.18. The first kappa shape index (κ1) is 24.6. The van der Waals surface area contributed by atoms with E-state index in [2.05, 4.69) is 118 Å². The average Bonchev–Trinajstić information content (AvgIpc) is 2.72. The van der Waals surface area contributed by atoms with E-state index in [1.165, 1.54) is 22.3 Å². The summed E-state index contributed by atoms with van der Waals surface area (Å²) in [7, 11) is 0. The van der Waals surface area contributed by atoms with Crippen molar-refractivity contribution in [1.29, 1.82) is 0 Å². The van der Waals surface area contributed by atoms with E-state index < -0.39 is 11.2 Å². The maximum absolute atomic E-state index is 6.22. The zero-order valence-corrected chi connectivity index (χ0v) is 20.8. The topological polar surface area (TPSA) is 18.5 Å². The van der Waals surface area contributed by atoms with Crippen molar-refractivity contribution in [2.24, 2.45) is 0 Å². The van der Waals surface area contributed by atoms with Crippen molar-refractivity contribution in [2.75, 3.05) is 0 Å². The van der Waals surface area contributed by atoms with E-state index in [0.29, 0.717) is 0 Å². The zero-order chi connectivity index (χ0) is 22.8. The number of rotatable bonds is 9. The molecule has 0 amide bonds. The van der Waals surface area contributed by atoms with Gasteiger partial charge in [-0.2, -0.15) is 0 Å². The van der Waals surface area contributed by atoms with Gasteiger partial charge in [0, 0.05) is 0 Å². The van der Waals surface area contributed by atoms with Crippen molar-refractivity contribution in [1.82, 2.24) is 0 Å². The fraction of sp³-hybridized carbons (Fsp3) is 0.571. The predicted molar refractivity (Wildman–Crippen MR) is 128 cm³/mol. The summed E-state index contributed by atoms with van der Waals surface area (Å²) in [5.74, 6) is 0. The standard InChI is InChI=1S/C28H42O2/c1-11-25(3,4)21-17-13-15-19-23(21)27(7,8)29-30-28(9,10)24-20-16-14-18-22(24)26(5,6)12-2/h13-20H,11-12H2,1-10H3. The second-order valence-corrected chi connectivity index (χ2v) is 10.8. The van der Waals surface area contributed by atoms with Crippen LogP contribution in [0.1, 0.15) is 104 Å². The lowest BCUT2D eigenvalue weighted by atomic mass is 9.76. The van der Waals surface area contributed by atoms with E-state index in [0.717, 1.165) is 12.8 Å². The first-order valence-electron chi connectivity index (χ1n) is 11.4. The first-order chi connectivity index (χ1) is 13.8. The Morgan fingerprint density at radius 3 is 1.03 bits per heavy atom. The minimum absolute atomic E-state index is 0.0739. The molecule has 0 aliphatic heterocycles. The molecule has 2 heteroatoms. The molecule has 2 nitrogen and oxygen atoms in total. The Balaban J connectivity index is 2.36. The molecule has 0 saturated heterocycles. The van der Waals surface area contributed by atoms with Crippen LogP contribution >= 0.6 is 0 Å². The molecule has 0 unspecified atom stereocenters. The van der Waals surface area contributed by atoms with Crippen molar-refractivity contribution in [3.05, 3.63) is 70.8 Å². The molecule has 0 heterocycles. The van der Waals surface area contributed by atoms with Gasteiger partial charge in [-0.25, -0.2) is 9.78 Å². The third-order valence-corrected chi connectivity index (χ3v) is 6.84. The number of benzene rings is 2. The quantitative estimate of drug-likeness (QED) is 0.306. The zero-order valence-electron chi connectivity index (χ0n) is 20.8. The highest BCUT2D eigenvalue weighted by atomic mass is 17.2. The van der Waals surface area contributed by atoms with Gasteiger partial charge in [-0.1, -0.05) is 90.1 Å². The second kappa shape index (κ2) is 8.85. The smallest absolute Gasteiger partial charge is 0.123 e. The fourth-order valence-corrected chi connectivity index (χ4v) is 3.88. The molecule has 0 aromatic heterocycles. The highest BCUT2D eigenvalue weighted by molar-refractivity contribution is 5.38. The molecule has 2 aromatic rings. The largest absolute Gasteiger partial charge is 0.225 e. The summed E-state index contributed by atoms with van der Waals surface area (Å²) >= 11 is 0. The monoisotopic (exact) mass is 410 g/mol. The fourth-order valence-electron chi connectivity index (χ4n) is 3.88. The Labute approximate surface area is 184 Å². The van der Waals surface area contributed by atoms with Crippen LogP contribution in [-0.2, 0) is 31.8 Å². The summed E-state index contributed by atoms with van der Waals surface area (Å²) in [6, 6.07) is 17.1. The van der Waals surface area contributed by atoms with Crippen molar-refractivity contribution >= 4 is 0 Å². The van der Waals surface area contributed by atoms with Crippen molar-refractivity contribution in [3.63, 3.8) is 0 Å². The van der Waals surface area contributed by atoms with Crippen LogP contribution in [0, 0.1) is 0 Å². The number of hydrogen-bond acceptors (Lipinski definition) is 2. The Bertz CT molecular complexity index is 772. The van der Waals surface area contributed by atoms with Gasteiger partial charge in [-0.3, -0.25) is 0 Å².